The molecule has 0 spiro atoms. The van der Waals surface area contributed by atoms with E-state index in [2.05, 4.69) is 38.5 Å². The maximum atomic E-state index is 12.5. The molecule has 0 atom stereocenters. The molecule has 0 aliphatic heterocycles. The summed E-state index contributed by atoms with van der Waals surface area (Å²) in [7, 11) is 0. The molecular formula is C22H21N5OS. The Kier molecular flexibility index (Phi) is 5.57. The molecule has 0 bridgehead atoms. The van der Waals surface area contributed by atoms with Crippen molar-refractivity contribution in [1.29, 1.82) is 0 Å². The largest absolute Gasteiger partial charge is 0.302 e. The standard InChI is InChI=1S/C22H21N5OS/c1-3-12-26-20(13-17-9-5-4-6-10-17)24-25-22(26)29-15-18-14-21(28)27-16(2)8-7-11-19(27)23-18/h3-11,14H,1,12-13,15H2,2H3. The van der Waals surface area contributed by atoms with Gasteiger partial charge in [-0.1, -0.05) is 54.2 Å². The molecular weight excluding hydrogens is 382 g/mol. The molecule has 3 heterocycles. The molecule has 0 saturated carbocycles. The fourth-order valence-corrected chi connectivity index (χ4v) is 4.08. The number of allylic oxidation sites excluding steroid dienone is 1. The van der Waals surface area contributed by atoms with Crippen LogP contribution in [0.1, 0.15) is 22.8 Å². The Morgan fingerprint density at radius 2 is 1.93 bits per heavy atom. The molecule has 0 fully saturated rings. The van der Waals surface area contributed by atoms with Crippen LogP contribution in [-0.4, -0.2) is 24.1 Å². The number of benzene rings is 1. The van der Waals surface area contributed by atoms with E-state index in [-0.39, 0.29) is 5.56 Å². The van der Waals surface area contributed by atoms with Crippen LogP contribution in [0.25, 0.3) is 5.65 Å². The summed E-state index contributed by atoms with van der Waals surface area (Å²) in [6, 6.07) is 17.4. The van der Waals surface area contributed by atoms with Crippen molar-refractivity contribution in [3.63, 3.8) is 0 Å². The number of thioether (sulfide) groups is 1. The zero-order valence-electron chi connectivity index (χ0n) is 16.2. The molecule has 6 nitrogen and oxygen atoms in total. The number of nitrogens with zero attached hydrogens (tertiary/aromatic N) is 5. The highest BCUT2D eigenvalue weighted by molar-refractivity contribution is 7.98. The third-order valence-electron chi connectivity index (χ3n) is 4.59. The van der Waals surface area contributed by atoms with Crippen LogP contribution in [0.3, 0.4) is 0 Å². The SMILES string of the molecule is C=CCn1c(Cc2ccccc2)nnc1SCc1cc(=O)n2c(C)cccc2n1. The molecule has 0 unspecified atom stereocenters. The second-order valence-electron chi connectivity index (χ2n) is 6.70. The molecule has 0 amide bonds. The fraction of sp³-hybridized carbons (Fsp3) is 0.182. The van der Waals surface area contributed by atoms with Gasteiger partial charge in [-0.3, -0.25) is 9.20 Å². The lowest BCUT2D eigenvalue weighted by molar-refractivity contribution is 0.690. The molecule has 0 aliphatic carbocycles. The van der Waals surface area contributed by atoms with E-state index in [1.54, 1.807) is 10.5 Å². The van der Waals surface area contributed by atoms with Crippen LogP contribution in [0.5, 0.6) is 0 Å². The van der Waals surface area contributed by atoms with Crippen molar-refractivity contribution in [2.45, 2.75) is 30.8 Å². The second-order valence-corrected chi connectivity index (χ2v) is 7.64. The first-order valence-electron chi connectivity index (χ1n) is 9.33. The number of aromatic nitrogens is 5. The van der Waals surface area contributed by atoms with Crippen molar-refractivity contribution in [1.82, 2.24) is 24.1 Å². The summed E-state index contributed by atoms with van der Waals surface area (Å²) in [5.74, 6) is 1.43. The van der Waals surface area contributed by atoms with E-state index in [0.29, 0.717) is 24.4 Å². The van der Waals surface area contributed by atoms with Gasteiger partial charge in [0, 0.05) is 30.5 Å². The normalized spacial score (nSPS) is 11.1. The average Bonchev–Trinajstić information content (AvgIpc) is 3.09. The first-order valence-corrected chi connectivity index (χ1v) is 10.3. The minimum Gasteiger partial charge on any atom is -0.302 e. The van der Waals surface area contributed by atoms with Gasteiger partial charge in [0.25, 0.3) is 5.56 Å². The smallest absolute Gasteiger partial charge is 0.258 e. The summed E-state index contributed by atoms with van der Waals surface area (Å²) in [6.07, 6.45) is 2.54. The van der Waals surface area contributed by atoms with Crippen molar-refractivity contribution in [2.24, 2.45) is 0 Å². The highest BCUT2D eigenvalue weighted by atomic mass is 32.2. The van der Waals surface area contributed by atoms with Gasteiger partial charge in [-0.2, -0.15) is 0 Å². The van der Waals surface area contributed by atoms with Gasteiger partial charge in [0.15, 0.2) is 5.16 Å². The number of fused-ring (bicyclic) bond motifs is 1. The summed E-state index contributed by atoms with van der Waals surface area (Å²) in [6.45, 7) is 6.38. The van der Waals surface area contributed by atoms with Gasteiger partial charge in [0.2, 0.25) is 0 Å². The lowest BCUT2D eigenvalue weighted by Crippen LogP contribution is -2.17. The summed E-state index contributed by atoms with van der Waals surface area (Å²) in [5, 5.41) is 9.53. The Morgan fingerprint density at radius 1 is 1.10 bits per heavy atom. The van der Waals surface area contributed by atoms with Gasteiger partial charge in [0.1, 0.15) is 11.5 Å². The predicted octanol–water partition coefficient (Wildman–Crippen LogP) is 3.66. The molecule has 1 aromatic carbocycles. The van der Waals surface area contributed by atoms with Crippen molar-refractivity contribution in [3.05, 3.63) is 100 Å². The minimum absolute atomic E-state index is 0.0685. The number of pyridine rings is 1. The Morgan fingerprint density at radius 3 is 2.72 bits per heavy atom. The van der Waals surface area contributed by atoms with Crippen molar-refractivity contribution in [2.75, 3.05) is 0 Å². The van der Waals surface area contributed by atoms with Crippen LogP contribution >= 0.6 is 11.8 Å². The maximum absolute atomic E-state index is 12.5. The number of hydrogen-bond donors (Lipinski definition) is 0. The summed E-state index contributed by atoms with van der Waals surface area (Å²) < 4.78 is 3.68. The average molecular weight is 404 g/mol. The van der Waals surface area contributed by atoms with Gasteiger partial charge >= 0.3 is 0 Å². The molecule has 4 rings (SSSR count). The molecule has 0 N–H and O–H groups in total. The van der Waals surface area contributed by atoms with Crippen LogP contribution in [0.4, 0.5) is 0 Å². The quantitative estimate of drug-likeness (QED) is 0.348. The molecule has 7 heteroatoms. The number of aryl methyl sites for hydroxylation is 1. The lowest BCUT2D eigenvalue weighted by Gasteiger charge is -2.08. The minimum atomic E-state index is -0.0685. The van der Waals surface area contributed by atoms with E-state index in [1.807, 2.05) is 49.4 Å². The molecule has 3 aromatic heterocycles. The Hall–Kier alpha value is -3.19. The van der Waals surface area contributed by atoms with Gasteiger partial charge in [-0.25, -0.2) is 4.98 Å². The van der Waals surface area contributed by atoms with Crippen LogP contribution in [0, 0.1) is 6.92 Å². The van der Waals surface area contributed by atoms with Gasteiger partial charge in [-0.05, 0) is 24.6 Å². The molecule has 29 heavy (non-hydrogen) atoms. The highest BCUT2D eigenvalue weighted by Crippen LogP contribution is 2.22. The summed E-state index contributed by atoms with van der Waals surface area (Å²) in [5.41, 5.74) is 3.37. The zero-order valence-corrected chi connectivity index (χ0v) is 17.0. The van der Waals surface area contributed by atoms with Gasteiger partial charge in [-0.15, -0.1) is 16.8 Å². The third kappa shape index (κ3) is 4.14. The van der Waals surface area contributed by atoms with E-state index in [4.69, 9.17) is 0 Å². The molecule has 4 aromatic rings. The molecule has 146 valence electrons. The van der Waals surface area contributed by atoms with Crippen LogP contribution in [-0.2, 0) is 18.7 Å². The van der Waals surface area contributed by atoms with Crippen LogP contribution in [0.2, 0.25) is 0 Å². The Balaban J connectivity index is 1.57. The summed E-state index contributed by atoms with van der Waals surface area (Å²) in [4.78, 5) is 17.1. The van der Waals surface area contributed by atoms with Gasteiger partial charge in [0.05, 0.1) is 5.69 Å². The second kappa shape index (κ2) is 8.45. The lowest BCUT2D eigenvalue weighted by atomic mass is 10.1. The topological polar surface area (TPSA) is 65.1 Å². The number of rotatable bonds is 7. The van der Waals surface area contributed by atoms with Crippen LogP contribution in [0.15, 0.2) is 77.2 Å². The zero-order chi connectivity index (χ0) is 20.2. The molecule has 0 radical (unpaired) electrons. The third-order valence-corrected chi connectivity index (χ3v) is 5.59. The Bertz CT molecular complexity index is 1210. The van der Waals surface area contributed by atoms with Crippen molar-refractivity contribution >= 4 is 17.4 Å². The number of hydrogen-bond acceptors (Lipinski definition) is 5. The first-order chi connectivity index (χ1) is 14.2. The fourth-order valence-electron chi connectivity index (χ4n) is 3.22. The maximum Gasteiger partial charge on any atom is 0.258 e. The van der Waals surface area contributed by atoms with Crippen molar-refractivity contribution in [3.8, 4) is 0 Å². The van der Waals surface area contributed by atoms with E-state index in [1.165, 1.54) is 17.3 Å². The first kappa shape index (κ1) is 19.1. The van der Waals surface area contributed by atoms with E-state index >= 15 is 0 Å². The predicted molar refractivity (Wildman–Crippen MR) is 115 cm³/mol. The van der Waals surface area contributed by atoms with E-state index in [9.17, 15) is 4.79 Å². The Labute approximate surface area is 173 Å². The summed E-state index contributed by atoms with van der Waals surface area (Å²) >= 11 is 1.52. The van der Waals surface area contributed by atoms with E-state index in [0.717, 1.165) is 22.4 Å². The molecule has 0 aliphatic rings. The molecule has 0 saturated heterocycles. The van der Waals surface area contributed by atoms with Crippen LogP contribution < -0.4 is 5.56 Å². The van der Waals surface area contributed by atoms with E-state index < -0.39 is 0 Å². The van der Waals surface area contributed by atoms with Gasteiger partial charge < -0.3 is 4.57 Å². The highest BCUT2D eigenvalue weighted by Gasteiger charge is 2.13. The van der Waals surface area contributed by atoms with Crippen molar-refractivity contribution < 1.29 is 0 Å². The monoisotopic (exact) mass is 403 g/mol.